The molecule has 0 saturated carbocycles. The smallest absolute Gasteiger partial charge is 0.199 e. The summed E-state index contributed by atoms with van der Waals surface area (Å²) in [6.07, 6.45) is 1.37. The fraction of sp³-hybridized carbons (Fsp3) is 0.0714. The van der Waals surface area contributed by atoms with E-state index in [0.29, 0.717) is 0 Å². The predicted molar refractivity (Wildman–Crippen MR) is 72.4 cm³/mol. The molecule has 4 heteroatoms. The van der Waals surface area contributed by atoms with Gasteiger partial charge in [-0.15, -0.1) is 0 Å². The van der Waals surface area contributed by atoms with Crippen LogP contribution < -0.4 is 0 Å². The second-order valence-electron chi connectivity index (χ2n) is 3.94. The van der Waals surface area contributed by atoms with E-state index < -0.39 is 10.0 Å². The van der Waals surface area contributed by atoms with Gasteiger partial charge in [-0.25, -0.2) is 0 Å². The molecule has 0 amide bonds. The largest absolute Gasteiger partial charge is 0.282 e. The van der Waals surface area contributed by atoms with E-state index in [9.17, 15) is 8.42 Å². The fourth-order valence-electron chi connectivity index (χ4n) is 1.53. The Morgan fingerprint density at radius 2 is 1.72 bits per heavy atom. The average Bonchev–Trinajstić information content (AvgIpc) is 2.38. The molecule has 2 aromatic rings. The summed E-state index contributed by atoms with van der Waals surface area (Å²) in [6.45, 7) is 1.95. The molecule has 0 spiro atoms. The molecule has 0 heterocycles. The van der Waals surface area contributed by atoms with Crippen LogP contribution in [0.2, 0.25) is 0 Å². The highest BCUT2D eigenvalue weighted by Gasteiger charge is 2.09. The van der Waals surface area contributed by atoms with Gasteiger partial charge in [-0.05, 0) is 24.6 Å². The van der Waals surface area contributed by atoms with Gasteiger partial charge in [0.1, 0.15) is 0 Å². The maximum Gasteiger partial charge on any atom is 0.282 e. The molecule has 0 bridgehead atoms. The van der Waals surface area contributed by atoms with Gasteiger partial charge in [0.15, 0.2) is 0 Å². The van der Waals surface area contributed by atoms with E-state index in [4.69, 9.17) is 0 Å². The van der Waals surface area contributed by atoms with E-state index in [2.05, 4.69) is 4.40 Å². The van der Waals surface area contributed by atoms with Crippen molar-refractivity contribution in [2.24, 2.45) is 4.40 Å². The van der Waals surface area contributed by atoms with Crippen molar-refractivity contribution in [3.8, 4) is 0 Å². The van der Waals surface area contributed by atoms with Gasteiger partial charge in [-0.3, -0.25) is 0 Å². The van der Waals surface area contributed by atoms with Gasteiger partial charge in [0.05, 0.1) is 4.90 Å². The zero-order valence-corrected chi connectivity index (χ0v) is 10.8. The monoisotopic (exact) mass is 259 g/mol. The minimum absolute atomic E-state index is 0.203. The first kappa shape index (κ1) is 12.5. The molecule has 0 aliphatic carbocycles. The second kappa shape index (κ2) is 5.14. The molecule has 18 heavy (non-hydrogen) atoms. The van der Waals surface area contributed by atoms with E-state index >= 15 is 0 Å². The Balaban J connectivity index is 2.29. The summed E-state index contributed by atoms with van der Waals surface area (Å²) in [5, 5.41) is 0. The highest BCUT2D eigenvalue weighted by atomic mass is 32.2. The van der Waals surface area contributed by atoms with Gasteiger partial charge in [0.25, 0.3) is 10.0 Å². The first-order valence-electron chi connectivity index (χ1n) is 5.50. The van der Waals surface area contributed by atoms with Gasteiger partial charge in [-0.2, -0.15) is 12.8 Å². The van der Waals surface area contributed by atoms with E-state index in [0.717, 1.165) is 11.1 Å². The summed E-state index contributed by atoms with van der Waals surface area (Å²) in [5.74, 6) is 0. The first-order valence-corrected chi connectivity index (χ1v) is 6.94. The van der Waals surface area contributed by atoms with E-state index in [1.54, 1.807) is 18.2 Å². The van der Waals surface area contributed by atoms with E-state index in [-0.39, 0.29) is 4.90 Å². The highest BCUT2D eigenvalue weighted by molar-refractivity contribution is 7.90. The number of sulfonamides is 1. The number of hydrogen-bond acceptors (Lipinski definition) is 2. The Kier molecular flexibility index (Phi) is 3.58. The summed E-state index contributed by atoms with van der Waals surface area (Å²) in [4.78, 5) is 0.203. The average molecular weight is 259 g/mol. The molecule has 0 fully saturated rings. The lowest BCUT2D eigenvalue weighted by molar-refractivity contribution is 0.598. The van der Waals surface area contributed by atoms with Crippen LogP contribution in [0.5, 0.6) is 0 Å². The van der Waals surface area contributed by atoms with Gasteiger partial charge in [0, 0.05) is 6.21 Å². The number of rotatable bonds is 3. The van der Waals surface area contributed by atoms with Crippen LogP contribution in [-0.4, -0.2) is 14.6 Å². The molecular formula is C14H13NO2S. The maximum absolute atomic E-state index is 11.9. The summed E-state index contributed by atoms with van der Waals surface area (Å²) >= 11 is 0. The van der Waals surface area contributed by atoms with Crippen LogP contribution in [-0.2, 0) is 10.0 Å². The molecule has 92 valence electrons. The Hall–Kier alpha value is -1.94. The lowest BCUT2D eigenvalue weighted by Gasteiger charge is -1.98. The van der Waals surface area contributed by atoms with Crippen LogP contribution in [0.4, 0.5) is 0 Å². The molecule has 0 atom stereocenters. The molecule has 0 radical (unpaired) electrons. The molecule has 0 unspecified atom stereocenters. The Morgan fingerprint density at radius 3 is 2.39 bits per heavy atom. The third-order valence-electron chi connectivity index (χ3n) is 2.42. The van der Waals surface area contributed by atoms with Crippen molar-refractivity contribution in [1.82, 2.24) is 0 Å². The summed E-state index contributed by atoms with van der Waals surface area (Å²) in [6, 6.07) is 15.7. The molecule has 2 aromatic carbocycles. The minimum Gasteiger partial charge on any atom is -0.199 e. The van der Waals surface area contributed by atoms with Crippen molar-refractivity contribution < 1.29 is 8.42 Å². The first-order chi connectivity index (χ1) is 8.58. The van der Waals surface area contributed by atoms with Crippen LogP contribution in [0.1, 0.15) is 11.1 Å². The highest BCUT2D eigenvalue weighted by Crippen LogP contribution is 2.11. The molecule has 2 rings (SSSR count). The van der Waals surface area contributed by atoms with E-state index in [1.165, 1.54) is 18.3 Å². The van der Waals surface area contributed by atoms with Crippen LogP contribution in [0.3, 0.4) is 0 Å². The number of hydrogen-bond donors (Lipinski definition) is 0. The van der Waals surface area contributed by atoms with Crippen molar-refractivity contribution >= 4 is 16.2 Å². The predicted octanol–water partition coefficient (Wildman–Crippen LogP) is 2.80. The topological polar surface area (TPSA) is 46.5 Å². The fourth-order valence-corrected chi connectivity index (χ4v) is 2.42. The Morgan fingerprint density at radius 1 is 1.00 bits per heavy atom. The van der Waals surface area contributed by atoms with Gasteiger partial charge in [0.2, 0.25) is 0 Å². The zero-order valence-electron chi connectivity index (χ0n) is 9.95. The molecular weight excluding hydrogens is 246 g/mol. The zero-order chi connectivity index (χ0) is 13.0. The van der Waals surface area contributed by atoms with Crippen LogP contribution in [0, 0.1) is 6.92 Å². The van der Waals surface area contributed by atoms with Crippen LogP contribution >= 0.6 is 0 Å². The van der Waals surface area contributed by atoms with Gasteiger partial charge in [-0.1, -0.05) is 48.0 Å². The third-order valence-corrected chi connectivity index (χ3v) is 3.67. The quantitative estimate of drug-likeness (QED) is 0.796. The van der Waals surface area contributed by atoms with Crippen LogP contribution in [0.25, 0.3) is 0 Å². The lowest BCUT2D eigenvalue weighted by atomic mass is 10.2. The molecule has 0 saturated heterocycles. The molecule has 0 aliphatic heterocycles. The summed E-state index contributed by atoms with van der Waals surface area (Å²) in [5.41, 5.74) is 1.84. The normalized spacial score (nSPS) is 11.8. The third kappa shape index (κ3) is 3.05. The molecule has 3 nitrogen and oxygen atoms in total. The van der Waals surface area contributed by atoms with Crippen molar-refractivity contribution in [1.29, 1.82) is 0 Å². The molecule has 0 N–H and O–H groups in total. The van der Waals surface area contributed by atoms with Crippen molar-refractivity contribution in [2.75, 3.05) is 0 Å². The lowest BCUT2D eigenvalue weighted by Crippen LogP contribution is -1.97. The molecule has 0 aromatic heterocycles. The SMILES string of the molecule is Cc1cccc(/C=N\S(=O)(=O)c2ccccc2)c1. The van der Waals surface area contributed by atoms with Crippen LogP contribution in [0.15, 0.2) is 63.9 Å². The number of aryl methyl sites for hydroxylation is 1. The standard InChI is InChI=1S/C14H13NO2S/c1-12-6-5-7-13(10-12)11-15-18(16,17)14-8-3-2-4-9-14/h2-11H,1H3/b15-11-. The summed E-state index contributed by atoms with van der Waals surface area (Å²) in [7, 11) is -3.60. The van der Waals surface area contributed by atoms with Gasteiger partial charge >= 0.3 is 0 Å². The number of benzene rings is 2. The number of nitrogens with zero attached hydrogens (tertiary/aromatic N) is 1. The van der Waals surface area contributed by atoms with Crippen molar-refractivity contribution in [3.63, 3.8) is 0 Å². The van der Waals surface area contributed by atoms with E-state index in [1.807, 2.05) is 31.2 Å². The summed E-state index contributed by atoms with van der Waals surface area (Å²) < 4.78 is 27.5. The van der Waals surface area contributed by atoms with Crippen molar-refractivity contribution in [3.05, 3.63) is 65.7 Å². The maximum atomic E-state index is 11.9. The van der Waals surface area contributed by atoms with Gasteiger partial charge < -0.3 is 0 Å². The van der Waals surface area contributed by atoms with Crippen molar-refractivity contribution in [2.45, 2.75) is 11.8 Å². The Bertz CT molecular complexity index is 661. The minimum atomic E-state index is -3.60. The molecule has 0 aliphatic rings. The Labute approximate surface area is 107 Å². The second-order valence-corrected chi connectivity index (χ2v) is 5.57.